The third-order valence-electron chi connectivity index (χ3n) is 1.99. The number of thiophene rings is 1. The summed E-state index contributed by atoms with van der Waals surface area (Å²) in [5.74, 6) is 0.485. The Labute approximate surface area is 106 Å². The van der Waals surface area contributed by atoms with Crippen molar-refractivity contribution in [2.75, 3.05) is 0 Å². The summed E-state index contributed by atoms with van der Waals surface area (Å²) in [4.78, 5) is 5.26. The van der Waals surface area contributed by atoms with E-state index >= 15 is 0 Å². The number of hydrogen-bond acceptors (Lipinski definition) is 4. The number of nitrogens with zero attached hydrogens (tertiary/aromatic N) is 1. The Morgan fingerprint density at radius 3 is 3.06 bits per heavy atom. The Morgan fingerprint density at radius 2 is 2.38 bits per heavy atom. The standard InChI is InChI=1S/C11H10BrNO2S/c12-9-4-8(6-14)11(13-5-9)15-7-10-2-1-3-16-10/h1-5,14H,6-7H2. The maximum absolute atomic E-state index is 9.16. The lowest BCUT2D eigenvalue weighted by Gasteiger charge is -2.07. The fourth-order valence-corrected chi connectivity index (χ4v) is 2.24. The van der Waals surface area contributed by atoms with Crippen molar-refractivity contribution in [3.63, 3.8) is 0 Å². The Bertz CT molecular complexity index is 459. The zero-order chi connectivity index (χ0) is 11.4. The van der Waals surface area contributed by atoms with Gasteiger partial charge in [0, 0.05) is 21.1 Å². The topological polar surface area (TPSA) is 42.4 Å². The largest absolute Gasteiger partial charge is 0.472 e. The maximum atomic E-state index is 9.16. The molecule has 2 aromatic heterocycles. The Hall–Kier alpha value is -0.910. The highest BCUT2D eigenvalue weighted by atomic mass is 79.9. The lowest BCUT2D eigenvalue weighted by molar-refractivity contribution is 0.254. The number of rotatable bonds is 4. The molecule has 0 unspecified atom stereocenters. The molecule has 0 aliphatic rings. The van der Waals surface area contributed by atoms with Gasteiger partial charge in [-0.05, 0) is 33.4 Å². The van der Waals surface area contributed by atoms with Gasteiger partial charge in [0.1, 0.15) is 6.61 Å². The molecule has 0 bridgehead atoms. The fraction of sp³-hybridized carbons (Fsp3) is 0.182. The van der Waals surface area contributed by atoms with Crippen molar-refractivity contribution in [3.05, 3.63) is 44.7 Å². The summed E-state index contributed by atoms with van der Waals surface area (Å²) in [5, 5.41) is 11.2. The smallest absolute Gasteiger partial charge is 0.219 e. The first-order chi connectivity index (χ1) is 7.79. The summed E-state index contributed by atoms with van der Waals surface area (Å²) in [6, 6.07) is 5.78. The molecule has 1 N–H and O–H groups in total. The highest BCUT2D eigenvalue weighted by Crippen LogP contribution is 2.21. The molecule has 2 rings (SSSR count). The molecule has 0 amide bonds. The van der Waals surface area contributed by atoms with Gasteiger partial charge in [0.05, 0.1) is 6.61 Å². The molecule has 5 heteroatoms. The van der Waals surface area contributed by atoms with Crippen LogP contribution in [0.25, 0.3) is 0 Å². The lowest BCUT2D eigenvalue weighted by atomic mass is 10.3. The van der Waals surface area contributed by atoms with Gasteiger partial charge in [-0.25, -0.2) is 4.98 Å². The van der Waals surface area contributed by atoms with Crippen molar-refractivity contribution >= 4 is 27.3 Å². The third-order valence-corrected chi connectivity index (χ3v) is 3.28. The first-order valence-electron chi connectivity index (χ1n) is 4.70. The normalized spacial score (nSPS) is 10.4. The Morgan fingerprint density at radius 1 is 1.50 bits per heavy atom. The van der Waals surface area contributed by atoms with Gasteiger partial charge in [0.15, 0.2) is 0 Å². The van der Waals surface area contributed by atoms with Crippen LogP contribution in [0.4, 0.5) is 0 Å². The summed E-state index contributed by atoms with van der Waals surface area (Å²) in [7, 11) is 0. The van der Waals surface area contributed by atoms with Crippen LogP contribution in [0.2, 0.25) is 0 Å². The van der Waals surface area contributed by atoms with Gasteiger partial charge in [-0.2, -0.15) is 0 Å². The first kappa shape index (κ1) is 11.6. The molecule has 3 nitrogen and oxygen atoms in total. The zero-order valence-electron chi connectivity index (χ0n) is 8.39. The van der Waals surface area contributed by atoms with E-state index in [2.05, 4.69) is 20.9 Å². The number of hydrogen-bond donors (Lipinski definition) is 1. The van der Waals surface area contributed by atoms with Crippen molar-refractivity contribution in [2.45, 2.75) is 13.2 Å². The average molecular weight is 300 g/mol. The number of aliphatic hydroxyl groups excluding tert-OH is 1. The molecule has 16 heavy (non-hydrogen) atoms. The number of aromatic nitrogens is 1. The minimum Gasteiger partial charge on any atom is -0.472 e. The maximum Gasteiger partial charge on any atom is 0.219 e. The second-order valence-electron chi connectivity index (χ2n) is 3.14. The van der Waals surface area contributed by atoms with Crippen LogP contribution in [0.3, 0.4) is 0 Å². The molecule has 0 atom stereocenters. The minimum absolute atomic E-state index is 0.0772. The number of aliphatic hydroxyl groups is 1. The Balaban J connectivity index is 2.09. The van der Waals surface area contributed by atoms with E-state index in [0.717, 1.165) is 9.35 Å². The van der Waals surface area contributed by atoms with E-state index in [1.807, 2.05) is 17.5 Å². The molecule has 0 saturated carbocycles. The van der Waals surface area contributed by atoms with Crippen LogP contribution in [0, 0.1) is 0 Å². The van der Waals surface area contributed by atoms with Gasteiger partial charge in [-0.1, -0.05) is 6.07 Å². The van der Waals surface area contributed by atoms with Crippen LogP contribution in [0.15, 0.2) is 34.2 Å². The van der Waals surface area contributed by atoms with Crippen LogP contribution in [-0.4, -0.2) is 10.1 Å². The fourth-order valence-electron chi connectivity index (χ4n) is 1.25. The SMILES string of the molecule is OCc1cc(Br)cnc1OCc1cccs1. The number of ether oxygens (including phenoxy) is 1. The minimum atomic E-state index is -0.0772. The van der Waals surface area contributed by atoms with Crippen molar-refractivity contribution in [3.8, 4) is 5.88 Å². The molecular weight excluding hydrogens is 290 g/mol. The van der Waals surface area contributed by atoms with E-state index in [1.54, 1.807) is 23.6 Å². The quantitative estimate of drug-likeness (QED) is 0.944. The zero-order valence-corrected chi connectivity index (χ0v) is 10.8. The first-order valence-corrected chi connectivity index (χ1v) is 6.37. The van der Waals surface area contributed by atoms with Crippen LogP contribution >= 0.6 is 27.3 Å². The summed E-state index contributed by atoms with van der Waals surface area (Å²) in [6.07, 6.45) is 1.66. The molecule has 0 aliphatic carbocycles. The Kier molecular flexibility index (Phi) is 3.93. The van der Waals surface area contributed by atoms with Gasteiger partial charge in [-0.3, -0.25) is 0 Å². The molecule has 0 aromatic carbocycles. The third kappa shape index (κ3) is 2.81. The molecule has 0 radical (unpaired) electrons. The molecular formula is C11H10BrNO2S. The monoisotopic (exact) mass is 299 g/mol. The van der Waals surface area contributed by atoms with Crippen molar-refractivity contribution in [2.24, 2.45) is 0 Å². The second kappa shape index (κ2) is 5.43. The van der Waals surface area contributed by atoms with Gasteiger partial charge in [-0.15, -0.1) is 11.3 Å². The van der Waals surface area contributed by atoms with Crippen molar-refractivity contribution in [1.29, 1.82) is 0 Å². The summed E-state index contributed by atoms with van der Waals surface area (Å²) in [5.41, 5.74) is 0.686. The van der Waals surface area contributed by atoms with Gasteiger partial charge >= 0.3 is 0 Å². The van der Waals surface area contributed by atoms with Crippen molar-refractivity contribution < 1.29 is 9.84 Å². The van der Waals surface area contributed by atoms with Gasteiger partial charge in [0.25, 0.3) is 0 Å². The molecule has 84 valence electrons. The molecule has 0 spiro atoms. The molecule has 0 aliphatic heterocycles. The van der Waals surface area contributed by atoms with Crippen LogP contribution < -0.4 is 4.74 Å². The van der Waals surface area contributed by atoms with Crippen LogP contribution in [0.1, 0.15) is 10.4 Å². The highest BCUT2D eigenvalue weighted by molar-refractivity contribution is 9.10. The predicted molar refractivity (Wildman–Crippen MR) is 66.5 cm³/mol. The predicted octanol–water partition coefficient (Wildman–Crippen LogP) is 2.98. The highest BCUT2D eigenvalue weighted by Gasteiger charge is 2.06. The molecule has 0 fully saturated rings. The van der Waals surface area contributed by atoms with E-state index in [4.69, 9.17) is 9.84 Å². The van der Waals surface area contributed by atoms with Gasteiger partial charge < -0.3 is 9.84 Å². The second-order valence-corrected chi connectivity index (χ2v) is 5.09. The molecule has 2 heterocycles. The average Bonchev–Trinajstić information content (AvgIpc) is 2.80. The lowest BCUT2D eigenvalue weighted by Crippen LogP contribution is -1.99. The van der Waals surface area contributed by atoms with Gasteiger partial charge in [0.2, 0.25) is 5.88 Å². The molecule has 2 aromatic rings. The summed E-state index contributed by atoms with van der Waals surface area (Å²) < 4.78 is 6.38. The van der Waals surface area contributed by atoms with E-state index in [-0.39, 0.29) is 6.61 Å². The molecule has 0 saturated heterocycles. The van der Waals surface area contributed by atoms with Crippen LogP contribution in [-0.2, 0) is 13.2 Å². The van der Waals surface area contributed by atoms with Crippen LogP contribution in [0.5, 0.6) is 5.88 Å². The summed E-state index contributed by atoms with van der Waals surface area (Å²) >= 11 is 4.93. The summed E-state index contributed by atoms with van der Waals surface area (Å²) in [6.45, 7) is 0.408. The number of pyridine rings is 1. The van der Waals surface area contributed by atoms with E-state index in [9.17, 15) is 0 Å². The van der Waals surface area contributed by atoms with E-state index in [1.165, 1.54) is 0 Å². The van der Waals surface area contributed by atoms with Crippen molar-refractivity contribution in [1.82, 2.24) is 4.98 Å². The van der Waals surface area contributed by atoms with E-state index in [0.29, 0.717) is 18.1 Å². The van der Waals surface area contributed by atoms with E-state index < -0.39 is 0 Å². The number of halogens is 1.